The predicted octanol–water partition coefficient (Wildman–Crippen LogP) is 4.81. The number of carboxylic acid groups (broad SMARTS) is 1. The van der Waals surface area contributed by atoms with E-state index >= 15 is 0 Å². The topological polar surface area (TPSA) is 111 Å². The number of nitriles is 1. The molecule has 31 heavy (non-hydrogen) atoms. The van der Waals surface area contributed by atoms with Crippen molar-refractivity contribution in [2.45, 2.75) is 57.2 Å². The maximum absolute atomic E-state index is 10.8. The zero-order valence-corrected chi connectivity index (χ0v) is 17.6. The van der Waals surface area contributed by atoms with Gasteiger partial charge < -0.3 is 20.1 Å². The lowest BCUT2D eigenvalue weighted by atomic mass is 9.80. The lowest BCUT2D eigenvalue weighted by Gasteiger charge is -2.24. The Bertz CT molecular complexity index is 920. The molecule has 1 aliphatic rings. The molecule has 0 aliphatic heterocycles. The SMILES string of the molecule is CCCC(O)c1ccc(C2C(CCc3cccc(OC(=O)O)c3)[C@H](C#N)C[C@H]2O)cc1. The van der Waals surface area contributed by atoms with Crippen molar-refractivity contribution in [2.75, 3.05) is 0 Å². The largest absolute Gasteiger partial charge is 0.511 e. The fourth-order valence-corrected chi connectivity index (χ4v) is 4.69. The van der Waals surface area contributed by atoms with Crippen molar-refractivity contribution < 1.29 is 24.9 Å². The van der Waals surface area contributed by atoms with Crippen LogP contribution in [0.25, 0.3) is 0 Å². The monoisotopic (exact) mass is 423 g/mol. The summed E-state index contributed by atoms with van der Waals surface area (Å²) < 4.78 is 4.73. The number of ether oxygens (including phenoxy) is 1. The fraction of sp³-hybridized carbons (Fsp3) is 0.440. The highest BCUT2D eigenvalue weighted by Gasteiger charge is 2.43. The summed E-state index contributed by atoms with van der Waals surface area (Å²) in [6, 6.07) is 17.0. The Hall–Kier alpha value is -2.88. The van der Waals surface area contributed by atoms with Gasteiger partial charge in [-0.2, -0.15) is 5.26 Å². The van der Waals surface area contributed by atoms with Crippen LogP contribution in [0.2, 0.25) is 0 Å². The lowest BCUT2D eigenvalue weighted by Crippen LogP contribution is -2.19. The average molecular weight is 424 g/mol. The summed E-state index contributed by atoms with van der Waals surface area (Å²) >= 11 is 0. The van der Waals surface area contributed by atoms with Gasteiger partial charge in [0.2, 0.25) is 0 Å². The molecule has 6 heteroatoms. The first-order valence-electron chi connectivity index (χ1n) is 10.8. The van der Waals surface area contributed by atoms with E-state index in [-0.39, 0.29) is 23.5 Å². The molecule has 0 saturated heterocycles. The van der Waals surface area contributed by atoms with Gasteiger partial charge in [-0.15, -0.1) is 0 Å². The Morgan fingerprint density at radius 1 is 1.26 bits per heavy atom. The van der Waals surface area contributed by atoms with E-state index in [1.165, 1.54) is 0 Å². The molecule has 1 aliphatic carbocycles. The number of carbonyl (C=O) groups is 1. The first-order valence-corrected chi connectivity index (χ1v) is 10.8. The maximum atomic E-state index is 10.8. The van der Waals surface area contributed by atoms with Crippen molar-refractivity contribution in [3.05, 3.63) is 65.2 Å². The number of nitrogens with zero attached hydrogens (tertiary/aromatic N) is 1. The summed E-state index contributed by atoms with van der Waals surface area (Å²) in [7, 11) is 0. The predicted molar refractivity (Wildman–Crippen MR) is 116 cm³/mol. The summed E-state index contributed by atoms with van der Waals surface area (Å²) in [5.41, 5.74) is 2.76. The Morgan fingerprint density at radius 2 is 2.00 bits per heavy atom. The van der Waals surface area contributed by atoms with Crippen LogP contribution in [0.1, 0.15) is 61.3 Å². The van der Waals surface area contributed by atoms with Crippen molar-refractivity contribution in [1.29, 1.82) is 5.26 Å². The van der Waals surface area contributed by atoms with Gasteiger partial charge in [0.25, 0.3) is 0 Å². The third kappa shape index (κ3) is 5.63. The summed E-state index contributed by atoms with van der Waals surface area (Å²) in [5.74, 6) is -0.147. The van der Waals surface area contributed by atoms with Gasteiger partial charge in [0, 0.05) is 5.92 Å². The average Bonchev–Trinajstić information content (AvgIpc) is 3.07. The number of aliphatic hydroxyl groups excluding tert-OH is 2. The van der Waals surface area contributed by atoms with Crippen LogP contribution in [-0.4, -0.2) is 27.6 Å². The molecule has 0 bridgehead atoms. The van der Waals surface area contributed by atoms with Gasteiger partial charge in [-0.05, 0) is 60.4 Å². The van der Waals surface area contributed by atoms with Crippen LogP contribution in [0, 0.1) is 23.2 Å². The molecule has 3 N–H and O–H groups in total. The Morgan fingerprint density at radius 3 is 2.65 bits per heavy atom. The molecule has 6 nitrogen and oxygen atoms in total. The van der Waals surface area contributed by atoms with E-state index in [9.17, 15) is 20.3 Å². The zero-order valence-electron chi connectivity index (χ0n) is 17.6. The molecule has 0 amide bonds. The highest BCUT2D eigenvalue weighted by Crippen LogP contribution is 2.46. The fourth-order valence-electron chi connectivity index (χ4n) is 4.69. The lowest BCUT2D eigenvalue weighted by molar-refractivity contribution is 0.144. The smallest absolute Gasteiger partial charge is 0.449 e. The summed E-state index contributed by atoms with van der Waals surface area (Å²) in [6.07, 6.45) is 0.942. The van der Waals surface area contributed by atoms with Crippen LogP contribution < -0.4 is 4.74 Å². The minimum absolute atomic E-state index is 0.0181. The number of aliphatic hydroxyl groups is 2. The molecule has 0 radical (unpaired) electrons. The molecule has 1 fully saturated rings. The van der Waals surface area contributed by atoms with Crippen molar-refractivity contribution >= 4 is 6.16 Å². The molecule has 0 aromatic heterocycles. The number of aryl methyl sites for hydroxylation is 1. The summed E-state index contributed by atoms with van der Waals surface area (Å²) in [4.78, 5) is 10.8. The molecule has 1 saturated carbocycles. The highest BCUT2D eigenvalue weighted by atomic mass is 16.7. The van der Waals surface area contributed by atoms with Crippen LogP contribution in [0.3, 0.4) is 0 Å². The minimum atomic E-state index is -1.35. The number of rotatable bonds is 8. The van der Waals surface area contributed by atoms with Crippen molar-refractivity contribution in [1.82, 2.24) is 0 Å². The molecule has 164 valence electrons. The first-order chi connectivity index (χ1) is 14.9. The molecule has 5 atom stereocenters. The molecule has 0 spiro atoms. The summed E-state index contributed by atoms with van der Waals surface area (Å²) in [5, 5.41) is 39.4. The number of hydrogen-bond donors (Lipinski definition) is 3. The van der Waals surface area contributed by atoms with Crippen LogP contribution in [0.5, 0.6) is 5.75 Å². The second-order valence-corrected chi connectivity index (χ2v) is 8.25. The third-order valence-corrected chi connectivity index (χ3v) is 6.19. The van der Waals surface area contributed by atoms with E-state index in [1.54, 1.807) is 18.2 Å². The third-order valence-electron chi connectivity index (χ3n) is 6.19. The van der Waals surface area contributed by atoms with E-state index in [0.29, 0.717) is 25.7 Å². The van der Waals surface area contributed by atoms with Crippen molar-refractivity contribution in [3.8, 4) is 11.8 Å². The molecule has 0 heterocycles. The van der Waals surface area contributed by atoms with Crippen molar-refractivity contribution in [2.24, 2.45) is 11.8 Å². The molecular weight excluding hydrogens is 394 g/mol. The minimum Gasteiger partial charge on any atom is -0.449 e. The van der Waals surface area contributed by atoms with Gasteiger partial charge >= 0.3 is 6.16 Å². The number of benzene rings is 2. The van der Waals surface area contributed by atoms with Crippen LogP contribution >= 0.6 is 0 Å². The van der Waals surface area contributed by atoms with Crippen molar-refractivity contribution in [3.63, 3.8) is 0 Å². The molecule has 3 unspecified atom stereocenters. The van der Waals surface area contributed by atoms with E-state index in [2.05, 4.69) is 6.07 Å². The Kier molecular flexibility index (Phi) is 7.67. The highest BCUT2D eigenvalue weighted by molar-refractivity contribution is 5.61. The van der Waals surface area contributed by atoms with E-state index in [0.717, 1.165) is 23.1 Å². The molecular formula is C25H29NO5. The standard InChI is InChI=1S/C25H29NO5/c1-2-4-22(27)17-8-10-18(11-9-17)24-21(19(15-26)14-23(24)28)12-7-16-5-3-6-20(13-16)31-25(29)30/h3,5-6,8-11,13,19,21-24,27-28H,2,4,7,12,14H2,1H3,(H,29,30)/t19-,21?,22?,23+,24?/m0/s1. The normalized spacial score (nSPS) is 23.8. The molecule has 3 rings (SSSR count). The van der Waals surface area contributed by atoms with E-state index < -0.39 is 18.4 Å². The zero-order chi connectivity index (χ0) is 22.4. The van der Waals surface area contributed by atoms with Gasteiger partial charge in [-0.1, -0.05) is 49.7 Å². The summed E-state index contributed by atoms with van der Waals surface area (Å²) in [6.45, 7) is 2.03. The number of hydrogen-bond acceptors (Lipinski definition) is 5. The van der Waals surface area contributed by atoms with Gasteiger partial charge in [-0.25, -0.2) is 4.79 Å². The molecule has 2 aromatic carbocycles. The van der Waals surface area contributed by atoms with Crippen LogP contribution in [-0.2, 0) is 6.42 Å². The van der Waals surface area contributed by atoms with Crippen LogP contribution in [0.4, 0.5) is 4.79 Å². The van der Waals surface area contributed by atoms with E-state index in [4.69, 9.17) is 9.84 Å². The Labute approximate surface area is 182 Å². The van der Waals surface area contributed by atoms with E-state index in [1.807, 2.05) is 37.3 Å². The van der Waals surface area contributed by atoms with Gasteiger partial charge in [0.05, 0.1) is 24.2 Å². The molecule has 2 aromatic rings. The second kappa shape index (κ2) is 10.4. The first kappa shape index (κ1) is 22.8. The quantitative estimate of drug-likeness (QED) is 0.415. The second-order valence-electron chi connectivity index (χ2n) is 8.25. The van der Waals surface area contributed by atoms with Crippen LogP contribution in [0.15, 0.2) is 48.5 Å². The van der Waals surface area contributed by atoms with Gasteiger partial charge in [-0.3, -0.25) is 0 Å². The van der Waals surface area contributed by atoms with Gasteiger partial charge in [0.15, 0.2) is 0 Å². The maximum Gasteiger partial charge on any atom is 0.511 e. The van der Waals surface area contributed by atoms with Gasteiger partial charge in [0.1, 0.15) is 5.75 Å². The Balaban J connectivity index is 1.76.